The molecule has 33 heavy (non-hydrogen) atoms. The zero-order valence-electron chi connectivity index (χ0n) is 17.7. The van der Waals surface area contributed by atoms with Crippen molar-refractivity contribution in [1.29, 1.82) is 0 Å². The van der Waals surface area contributed by atoms with Gasteiger partial charge in [0.25, 0.3) is 5.91 Å². The van der Waals surface area contributed by atoms with E-state index in [-0.39, 0.29) is 11.4 Å². The molecule has 0 radical (unpaired) electrons. The Morgan fingerprint density at radius 3 is 2.52 bits per heavy atom. The second-order valence-electron chi connectivity index (χ2n) is 7.40. The molecular weight excluding hydrogens is 635 g/mol. The highest BCUT2D eigenvalue weighted by Crippen LogP contribution is 2.37. The molecule has 0 unspecified atom stereocenters. The lowest BCUT2D eigenvalue weighted by Crippen LogP contribution is -2.30. The van der Waals surface area contributed by atoms with E-state index in [9.17, 15) is 4.79 Å². The van der Waals surface area contributed by atoms with Crippen molar-refractivity contribution >= 4 is 79.6 Å². The smallest absolute Gasteiger partial charge is 0.260 e. The van der Waals surface area contributed by atoms with E-state index in [1.165, 1.54) is 20.9 Å². The third kappa shape index (κ3) is 6.47. The molecule has 0 aromatic heterocycles. The predicted molar refractivity (Wildman–Crippen MR) is 150 cm³/mol. The maximum absolute atomic E-state index is 12.5. The molecule has 1 atom stereocenters. The normalized spacial score (nSPS) is 16.7. The van der Waals surface area contributed by atoms with Gasteiger partial charge in [-0.05, 0) is 104 Å². The molecule has 4 rings (SSSR count). The summed E-state index contributed by atoms with van der Waals surface area (Å²) < 4.78 is 7.86. The third-order valence-corrected chi connectivity index (χ3v) is 7.62. The number of ether oxygens (including phenoxy) is 1. The molecule has 0 spiro atoms. The molecule has 1 saturated heterocycles. The second kappa shape index (κ2) is 11.2. The Balaban J connectivity index is 1.43. The van der Waals surface area contributed by atoms with Gasteiger partial charge in [0.1, 0.15) is 6.61 Å². The van der Waals surface area contributed by atoms with Crippen LogP contribution in [-0.2, 0) is 17.8 Å². The van der Waals surface area contributed by atoms with Crippen LogP contribution in [0.1, 0.15) is 23.6 Å². The first-order valence-electron chi connectivity index (χ1n) is 10.3. The van der Waals surface area contributed by atoms with E-state index in [2.05, 4.69) is 68.2 Å². The van der Waals surface area contributed by atoms with E-state index >= 15 is 0 Å². The summed E-state index contributed by atoms with van der Waals surface area (Å²) in [5.74, 6) is 0.463. The van der Waals surface area contributed by atoms with Crippen LogP contribution in [0.25, 0.3) is 6.08 Å². The van der Waals surface area contributed by atoms with Gasteiger partial charge in [-0.1, -0.05) is 54.6 Å². The summed E-state index contributed by atoms with van der Waals surface area (Å²) in [5, 5.41) is 6.78. The fourth-order valence-corrected chi connectivity index (χ4v) is 5.57. The van der Waals surface area contributed by atoms with Crippen LogP contribution in [0.4, 0.5) is 5.69 Å². The van der Waals surface area contributed by atoms with E-state index in [1.54, 1.807) is 6.07 Å². The lowest BCUT2D eigenvalue weighted by atomic mass is 10.1. The van der Waals surface area contributed by atoms with Gasteiger partial charge < -0.3 is 15.4 Å². The number of carbonyl (C=O) groups is 1. The van der Waals surface area contributed by atoms with Gasteiger partial charge in [0.2, 0.25) is 0 Å². The van der Waals surface area contributed by atoms with Crippen LogP contribution < -0.4 is 15.4 Å². The summed E-state index contributed by atoms with van der Waals surface area (Å²) in [5.41, 5.74) is 3.89. The number of hydrogen-bond acceptors (Lipinski definition) is 4. The lowest BCUT2D eigenvalue weighted by molar-refractivity contribution is -0.116. The number of carbonyl (C=O) groups excluding carboxylic acids is 1. The Morgan fingerprint density at radius 1 is 1.15 bits per heavy atom. The molecule has 1 heterocycles. The Bertz CT molecular complexity index is 1160. The fraction of sp³-hybridized carbons (Fsp3) is 0.160. The molecule has 170 valence electrons. The standard InChI is InChI=1S/C25H21BrClIN2O2S/c1-2-15-5-9-19(10-6-15)29-25-30-24(31)22(33-25)13-17-11-20(26)23(21(27)12-17)32-14-16-3-7-18(28)8-4-16/h3-13,25,29H,2,14H2,1H3,(H,30,31)/b22-13-/t25-/m0/s1. The highest BCUT2D eigenvalue weighted by atomic mass is 127. The quantitative estimate of drug-likeness (QED) is 0.205. The molecule has 3 aromatic carbocycles. The minimum Gasteiger partial charge on any atom is -0.486 e. The molecule has 1 amide bonds. The molecule has 0 saturated carbocycles. The average molecular weight is 656 g/mol. The first-order chi connectivity index (χ1) is 15.9. The minimum absolute atomic E-state index is 0.117. The van der Waals surface area contributed by atoms with Crippen LogP contribution >= 0.6 is 61.9 Å². The maximum Gasteiger partial charge on any atom is 0.260 e. The number of nitrogens with one attached hydrogen (secondary N) is 2. The highest BCUT2D eigenvalue weighted by molar-refractivity contribution is 14.1. The van der Waals surface area contributed by atoms with E-state index in [0.29, 0.717) is 22.3 Å². The van der Waals surface area contributed by atoms with E-state index in [4.69, 9.17) is 16.3 Å². The largest absolute Gasteiger partial charge is 0.486 e. The van der Waals surface area contributed by atoms with Gasteiger partial charge in [-0.15, -0.1) is 0 Å². The van der Waals surface area contributed by atoms with Crippen molar-refractivity contribution in [2.75, 3.05) is 5.32 Å². The molecule has 3 aromatic rings. The molecule has 4 nitrogen and oxygen atoms in total. The summed E-state index contributed by atoms with van der Waals surface area (Å²) in [4.78, 5) is 13.1. The van der Waals surface area contributed by atoms with Gasteiger partial charge in [-0.2, -0.15) is 0 Å². The van der Waals surface area contributed by atoms with Crippen molar-refractivity contribution in [2.45, 2.75) is 25.4 Å². The van der Waals surface area contributed by atoms with Crippen LogP contribution in [0.5, 0.6) is 5.75 Å². The minimum atomic E-state index is -0.230. The maximum atomic E-state index is 12.5. The predicted octanol–water partition coefficient (Wildman–Crippen LogP) is 7.45. The molecule has 1 aliphatic rings. The monoisotopic (exact) mass is 654 g/mol. The van der Waals surface area contributed by atoms with Crippen molar-refractivity contribution in [1.82, 2.24) is 5.32 Å². The number of benzene rings is 3. The van der Waals surface area contributed by atoms with Crippen LogP contribution in [0.15, 0.2) is 70.0 Å². The zero-order chi connectivity index (χ0) is 23.4. The summed E-state index contributed by atoms with van der Waals surface area (Å²) >= 11 is 13.8. The zero-order valence-corrected chi connectivity index (χ0v) is 23.0. The molecule has 0 aliphatic carbocycles. The Labute approximate surface area is 224 Å². The van der Waals surface area contributed by atoms with Gasteiger partial charge in [-0.3, -0.25) is 4.79 Å². The van der Waals surface area contributed by atoms with Gasteiger partial charge >= 0.3 is 0 Å². The van der Waals surface area contributed by atoms with Crippen LogP contribution in [0, 0.1) is 3.57 Å². The second-order valence-corrected chi connectivity index (χ2v) is 11.1. The van der Waals surface area contributed by atoms with Gasteiger partial charge in [0, 0.05) is 9.26 Å². The van der Waals surface area contributed by atoms with Crippen LogP contribution in [0.3, 0.4) is 0 Å². The number of rotatable bonds is 7. The lowest BCUT2D eigenvalue weighted by Gasteiger charge is -2.13. The van der Waals surface area contributed by atoms with Gasteiger partial charge in [0.15, 0.2) is 11.2 Å². The highest BCUT2D eigenvalue weighted by Gasteiger charge is 2.27. The van der Waals surface area contributed by atoms with Crippen molar-refractivity contribution in [3.63, 3.8) is 0 Å². The number of anilines is 1. The third-order valence-electron chi connectivity index (χ3n) is 5.01. The molecule has 1 aliphatic heterocycles. The summed E-state index contributed by atoms with van der Waals surface area (Å²) in [6.07, 6.45) is 2.83. The molecule has 0 bridgehead atoms. The SMILES string of the molecule is CCc1ccc(N[C@H]2NC(=O)/C(=C/c3cc(Cl)c(OCc4ccc(I)cc4)c(Br)c3)S2)cc1. The van der Waals surface area contributed by atoms with Crippen molar-refractivity contribution in [3.8, 4) is 5.75 Å². The van der Waals surface area contributed by atoms with Crippen molar-refractivity contribution in [2.24, 2.45) is 0 Å². The van der Waals surface area contributed by atoms with Crippen molar-refractivity contribution < 1.29 is 9.53 Å². The summed E-state index contributed by atoms with van der Waals surface area (Å²) in [7, 11) is 0. The van der Waals surface area contributed by atoms with E-state index in [0.717, 1.165) is 27.7 Å². The number of amides is 1. The van der Waals surface area contributed by atoms with E-state index in [1.807, 2.05) is 48.5 Å². The van der Waals surface area contributed by atoms with Gasteiger partial charge in [0.05, 0.1) is 14.4 Å². The first-order valence-corrected chi connectivity index (χ1v) is 13.4. The Morgan fingerprint density at radius 2 is 1.85 bits per heavy atom. The van der Waals surface area contributed by atoms with Crippen LogP contribution in [-0.4, -0.2) is 11.4 Å². The average Bonchev–Trinajstić information content (AvgIpc) is 3.13. The fourth-order valence-electron chi connectivity index (χ4n) is 3.24. The number of hydrogen-bond donors (Lipinski definition) is 2. The molecule has 1 fully saturated rings. The van der Waals surface area contributed by atoms with E-state index < -0.39 is 0 Å². The molecular formula is C25H21BrClIN2O2S. The molecule has 2 N–H and O–H groups in total. The number of aryl methyl sites for hydroxylation is 1. The summed E-state index contributed by atoms with van der Waals surface area (Å²) in [6, 6.07) is 20.1. The topological polar surface area (TPSA) is 50.4 Å². The Kier molecular flexibility index (Phi) is 8.27. The van der Waals surface area contributed by atoms with Crippen molar-refractivity contribution in [3.05, 3.63) is 95.3 Å². The molecule has 8 heteroatoms. The number of thioether (sulfide) groups is 1. The van der Waals surface area contributed by atoms with Crippen LogP contribution in [0.2, 0.25) is 5.02 Å². The summed E-state index contributed by atoms with van der Waals surface area (Å²) in [6.45, 7) is 2.54. The van der Waals surface area contributed by atoms with Gasteiger partial charge in [-0.25, -0.2) is 0 Å². The number of halogens is 3. The first kappa shape index (κ1) is 24.4. The Hall–Kier alpha value is -1.68.